The molecule has 0 amide bonds. The van der Waals surface area contributed by atoms with Crippen LogP contribution in [0.5, 0.6) is 5.75 Å². The van der Waals surface area contributed by atoms with E-state index < -0.39 is 12.2 Å². The largest absolute Gasteiger partial charge is 0.492 e. The molecule has 0 saturated carbocycles. The third-order valence-corrected chi connectivity index (χ3v) is 5.54. The average molecular weight is 442 g/mol. The molecule has 0 radical (unpaired) electrons. The number of hydrogen-bond acceptors (Lipinski definition) is 9. The first-order valence-corrected chi connectivity index (χ1v) is 10.4. The van der Waals surface area contributed by atoms with Crippen LogP contribution in [0.1, 0.15) is 30.2 Å². The molecule has 3 aromatic heterocycles. The van der Waals surface area contributed by atoms with Gasteiger partial charge >= 0.3 is 0 Å². The maximum Gasteiger partial charge on any atom is 0.255 e. The van der Waals surface area contributed by atoms with Gasteiger partial charge in [0.1, 0.15) is 11.9 Å². The summed E-state index contributed by atoms with van der Waals surface area (Å²) in [5.74, 6) is 0.725. The van der Waals surface area contributed by atoms with Crippen LogP contribution in [0.3, 0.4) is 0 Å². The van der Waals surface area contributed by atoms with Crippen LogP contribution >= 0.6 is 0 Å². The van der Waals surface area contributed by atoms with Gasteiger partial charge in [-0.3, -0.25) is 4.68 Å². The Labute approximate surface area is 185 Å². The highest BCUT2D eigenvalue weighted by atomic mass is 19.1. The molecule has 1 unspecified atom stereocenters. The normalized spacial score (nSPS) is 17.6. The standard InChI is InChI=1S/C21H27FN8O2/c1-5-15-20(31)27-17-12(2)26-21(28-19(17)29(15)3)24-8-14-9-25-30(11-14)10-13-6-16(32-4)18(22)23-7-13/h6-7,9,11,15,20,27,31H,5,8,10H2,1-4H3,(H,24,26,28)/t15-,20?/m0/s1. The van der Waals surface area contributed by atoms with Crippen molar-refractivity contribution >= 4 is 17.5 Å². The van der Waals surface area contributed by atoms with Crippen LogP contribution in [-0.2, 0) is 13.1 Å². The Balaban J connectivity index is 1.44. The van der Waals surface area contributed by atoms with Crippen molar-refractivity contribution < 1.29 is 14.2 Å². The lowest BCUT2D eigenvalue weighted by Crippen LogP contribution is -2.49. The van der Waals surface area contributed by atoms with Gasteiger partial charge in [0.2, 0.25) is 5.95 Å². The second-order valence-corrected chi connectivity index (χ2v) is 7.74. The number of halogens is 1. The number of likely N-dealkylation sites (N-methyl/N-ethyl adjacent to an activating group) is 1. The van der Waals surface area contributed by atoms with Crippen molar-refractivity contribution in [3.63, 3.8) is 0 Å². The van der Waals surface area contributed by atoms with Gasteiger partial charge in [-0.1, -0.05) is 6.92 Å². The Morgan fingerprint density at radius 3 is 2.84 bits per heavy atom. The number of methoxy groups -OCH3 is 1. The monoisotopic (exact) mass is 442 g/mol. The van der Waals surface area contributed by atoms with Gasteiger partial charge in [0.05, 0.1) is 31.6 Å². The molecule has 4 rings (SSSR count). The van der Waals surface area contributed by atoms with Crippen molar-refractivity contribution in [3.05, 3.63) is 47.4 Å². The quantitative estimate of drug-likeness (QED) is 0.474. The van der Waals surface area contributed by atoms with Crippen LogP contribution < -0.4 is 20.3 Å². The minimum atomic E-state index is -0.666. The van der Waals surface area contributed by atoms with Crippen molar-refractivity contribution in [2.24, 2.45) is 0 Å². The number of ether oxygens (including phenoxy) is 1. The van der Waals surface area contributed by atoms with Gasteiger partial charge < -0.3 is 25.4 Å². The Kier molecular flexibility index (Phi) is 6.08. The van der Waals surface area contributed by atoms with E-state index in [-0.39, 0.29) is 11.8 Å². The third-order valence-electron chi connectivity index (χ3n) is 5.54. The molecule has 1 aliphatic rings. The third kappa shape index (κ3) is 4.28. The number of nitrogens with zero attached hydrogens (tertiary/aromatic N) is 6. The van der Waals surface area contributed by atoms with Crippen molar-refractivity contribution in [2.45, 2.75) is 45.6 Å². The van der Waals surface area contributed by atoms with Crippen LogP contribution in [0.15, 0.2) is 24.7 Å². The summed E-state index contributed by atoms with van der Waals surface area (Å²) in [7, 11) is 3.33. The van der Waals surface area contributed by atoms with E-state index in [1.807, 2.05) is 32.0 Å². The molecule has 32 heavy (non-hydrogen) atoms. The van der Waals surface area contributed by atoms with Gasteiger partial charge in [0.25, 0.3) is 5.95 Å². The SMILES string of the molecule is CC[C@H]1C(O)Nc2c(C)nc(NCc3cnn(Cc4cnc(F)c(OC)c4)c3)nc2N1C. The molecule has 4 heterocycles. The van der Waals surface area contributed by atoms with Crippen molar-refractivity contribution in [2.75, 3.05) is 29.7 Å². The Bertz CT molecular complexity index is 1110. The number of aryl methyl sites for hydroxylation is 1. The van der Waals surface area contributed by atoms with Gasteiger partial charge in [0, 0.05) is 31.5 Å². The summed E-state index contributed by atoms with van der Waals surface area (Å²) in [5.41, 5.74) is 3.22. The summed E-state index contributed by atoms with van der Waals surface area (Å²) < 4.78 is 20.2. The zero-order valence-corrected chi connectivity index (χ0v) is 18.5. The number of rotatable bonds is 7. The van der Waals surface area contributed by atoms with E-state index >= 15 is 0 Å². The first kappa shape index (κ1) is 21.8. The van der Waals surface area contributed by atoms with Gasteiger partial charge in [-0.2, -0.15) is 14.5 Å². The fraction of sp³-hybridized carbons (Fsp3) is 0.429. The first-order chi connectivity index (χ1) is 15.4. The Hall–Kier alpha value is -3.47. The van der Waals surface area contributed by atoms with Gasteiger partial charge in [0.15, 0.2) is 11.6 Å². The van der Waals surface area contributed by atoms with Crippen LogP contribution in [0.4, 0.5) is 21.8 Å². The van der Waals surface area contributed by atoms with Crippen molar-refractivity contribution in [3.8, 4) is 5.75 Å². The zero-order chi connectivity index (χ0) is 22.8. The van der Waals surface area contributed by atoms with Crippen molar-refractivity contribution in [1.82, 2.24) is 24.7 Å². The van der Waals surface area contributed by atoms with Gasteiger partial charge in [-0.25, -0.2) is 9.97 Å². The Morgan fingerprint density at radius 1 is 1.28 bits per heavy atom. The van der Waals surface area contributed by atoms with E-state index in [1.165, 1.54) is 13.3 Å². The van der Waals surface area contributed by atoms with Crippen LogP contribution in [0.2, 0.25) is 0 Å². The molecule has 0 saturated heterocycles. The number of aromatic nitrogens is 5. The van der Waals surface area contributed by atoms with E-state index in [0.717, 1.165) is 34.7 Å². The van der Waals surface area contributed by atoms with E-state index in [1.54, 1.807) is 16.9 Å². The highest BCUT2D eigenvalue weighted by Crippen LogP contribution is 2.34. The lowest BCUT2D eigenvalue weighted by molar-refractivity contribution is 0.162. The second kappa shape index (κ2) is 8.95. The number of fused-ring (bicyclic) bond motifs is 1. The number of anilines is 3. The zero-order valence-electron chi connectivity index (χ0n) is 18.5. The van der Waals surface area contributed by atoms with Crippen LogP contribution in [0, 0.1) is 12.9 Å². The second-order valence-electron chi connectivity index (χ2n) is 7.74. The molecule has 170 valence electrons. The Morgan fingerprint density at radius 2 is 2.09 bits per heavy atom. The van der Waals surface area contributed by atoms with Crippen LogP contribution in [0.25, 0.3) is 0 Å². The highest BCUT2D eigenvalue weighted by molar-refractivity contribution is 5.72. The van der Waals surface area contributed by atoms with Crippen molar-refractivity contribution in [1.29, 1.82) is 0 Å². The van der Waals surface area contributed by atoms with Gasteiger partial charge in [-0.05, 0) is 25.0 Å². The molecule has 0 fully saturated rings. The van der Waals surface area contributed by atoms with Crippen LogP contribution in [-0.4, -0.2) is 56.3 Å². The molecular formula is C21H27FN8O2. The minimum Gasteiger partial charge on any atom is -0.492 e. The number of aliphatic hydroxyl groups is 1. The predicted molar refractivity (Wildman–Crippen MR) is 118 cm³/mol. The topological polar surface area (TPSA) is 113 Å². The summed E-state index contributed by atoms with van der Waals surface area (Å²) in [6.07, 6.45) is 5.23. The number of pyridine rings is 1. The predicted octanol–water partition coefficient (Wildman–Crippen LogP) is 2.14. The molecule has 10 nitrogen and oxygen atoms in total. The lowest BCUT2D eigenvalue weighted by Gasteiger charge is -2.39. The highest BCUT2D eigenvalue weighted by Gasteiger charge is 2.32. The van der Waals surface area contributed by atoms with E-state index in [9.17, 15) is 9.50 Å². The fourth-order valence-corrected chi connectivity index (χ4v) is 3.82. The molecular weight excluding hydrogens is 415 g/mol. The summed E-state index contributed by atoms with van der Waals surface area (Å²) in [4.78, 5) is 14.9. The summed E-state index contributed by atoms with van der Waals surface area (Å²) >= 11 is 0. The molecule has 0 aromatic carbocycles. The number of aliphatic hydroxyl groups excluding tert-OH is 1. The first-order valence-electron chi connectivity index (χ1n) is 10.4. The van der Waals surface area contributed by atoms with E-state index in [4.69, 9.17) is 4.74 Å². The summed E-state index contributed by atoms with van der Waals surface area (Å²) in [6, 6.07) is 1.54. The smallest absolute Gasteiger partial charge is 0.255 e. The maximum atomic E-state index is 13.5. The molecule has 11 heteroatoms. The maximum absolute atomic E-state index is 13.5. The molecule has 3 aromatic rings. The minimum absolute atomic E-state index is 0.0672. The summed E-state index contributed by atoms with van der Waals surface area (Å²) in [5, 5.41) is 21.0. The average Bonchev–Trinajstić information content (AvgIpc) is 3.22. The molecule has 3 N–H and O–H groups in total. The fourth-order valence-electron chi connectivity index (χ4n) is 3.82. The molecule has 0 bridgehead atoms. The summed E-state index contributed by atoms with van der Waals surface area (Å²) in [6.45, 7) is 4.84. The molecule has 2 atom stereocenters. The molecule has 1 aliphatic heterocycles. The van der Waals surface area contributed by atoms with E-state index in [0.29, 0.717) is 19.0 Å². The molecule has 0 aliphatic carbocycles. The molecule has 0 spiro atoms. The van der Waals surface area contributed by atoms with E-state index in [2.05, 4.69) is 30.7 Å². The lowest BCUT2D eigenvalue weighted by atomic mass is 10.1. The van der Waals surface area contributed by atoms with Gasteiger partial charge in [-0.15, -0.1) is 0 Å². The number of nitrogens with one attached hydrogen (secondary N) is 2. The number of hydrogen-bond donors (Lipinski definition) is 3.